The van der Waals surface area contributed by atoms with Crippen LogP contribution in [0.3, 0.4) is 0 Å². The van der Waals surface area contributed by atoms with Gasteiger partial charge in [0.1, 0.15) is 0 Å². The van der Waals surface area contributed by atoms with Crippen molar-refractivity contribution in [1.29, 1.82) is 0 Å². The van der Waals surface area contributed by atoms with Gasteiger partial charge in [-0.25, -0.2) is 8.78 Å². The molecular formula is C9H17F2N3. The minimum absolute atomic E-state index is 0.0278. The van der Waals surface area contributed by atoms with E-state index in [0.717, 1.165) is 13.1 Å². The van der Waals surface area contributed by atoms with E-state index in [-0.39, 0.29) is 31.0 Å². The Morgan fingerprint density at radius 3 is 2.43 bits per heavy atom. The lowest BCUT2D eigenvalue weighted by atomic mass is 9.87. The van der Waals surface area contributed by atoms with E-state index >= 15 is 0 Å². The zero-order valence-electron chi connectivity index (χ0n) is 8.34. The second-order valence-electron chi connectivity index (χ2n) is 4.62. The van der Waals surface area contributed by atoms with Crippen LogP contribution in [0.5, 0.6) is 0 Å². The summed E-state index contributed by atoms with van der Waals surface area (Å²) in [5.74, 6) is -2.44. The van der Waals surface area contributed by atoms with E-state index in [1.807, 2.05) is 7.05 Å². The summed E-state index contributed by atoms with van der Waals surface area (Å²) in [6, 6.07) is 0.225. The van der Waals surface area contributed by atoms with E-state index in [4.69, 9.17) is 5.73 Å². The van der Waals surface area contributed by atoms with E-state index < -0.39 is 5.92 Å². The van der Waals surface area contributed by atoms with Crippen LogP contribution in [0, 0.1) is 0 Å². The Morgan fingerprint density at radius 2 is 2.00 bits per heavy atom. The van der Waals surface area contributed by atoms with Crippen LogP contribution in [0.4, 0.5) is 8.78 Å². The van der Waals surface area contributed by atoms with Crippen molar-refractivity contribution in [2.24, 2.45) is 5.73 Å². The van der Waals surface area contributed by atoms with E-state index in [2.05, 4.69) is 10.2 Å². The summed E-state index contributed by atoms with van der Waals surface area (Å²) in [5.41, 5.74) is 5.87. The lowest BCUT2D eigenvalue weighted by Gasteiger charge is -2.37. The summed E-state index contributed by atoms with van der Waals surface area (Å²) in [6.07, 6.45) is -0.0557. The predicted molar refractivity (Wildman–Crippen MR) is 50.4 cm³/mol. The number of halogens is 2. The lowest BCUT2D eigenvalue weighted by molar-refractivity contribution is -0.0947. The first-order valence-corrected chi connectivity index (χ1v) is 5.04. The molecule has 1 aliphatic carbocycles. The van der Waals surface area contributed by atoms with Gasteiger partial charge in [0, 0.05) is 44.1 Å². The van der Waals surface area contributed by atoms with Crippen LogP contribution >= 0.6 is 0 Å². The van der Waals surface area contributed by atoms with Gasteiger partial charge in [-0.3, -0.25) is 0 Å². The molecule has 1 saturated heterocycles. The van der Waals surface area contributed by atoms with Gasteiger partial charge in [-0.15, -0.1) is 0 Å². The van der Waals surface area contributed by atoms with Gasteiger partial charge in [0.25, 0.3) is 5.92 Å². The fourth-order valence-electron chi connectivity index (χ4n) is 2.29. The maximum atomic E-state index is 12.6. The molecule has 3 N–H and O–H groups in total. The van der Waals surface area contributed by atoms with Gasteiger partial charge in [-0.2, -0.15) is 0 Å². The third-order valence-electron chi connectivity index (χ3n) is 3.09. The second kappa shape index (κ2) is 3.40. The summed E-state index contributed by atoms with van der Waals surface area (Å²) in [7, 11) is 2.00. The van der Waals surface area contributed by atoms with Crippen molar-refractivity contribution in [3.63, 3.8) is 0 Å². The third-order valence-corrected chi connectivity index (χ3v) is 3.09. The Bertz CT molecular complexity index is 214. The number of likely N-dealkylation sites (tertiary alicyclic amines) is 1. The molecule has 0 aromatic heterocycles. The first-order valence-electron chi connectivity index (χ1n) is 5.04. The average molecular weight is 205 g/mol. The van der Waals surface area contributed by atoms with Gasteiger partial charge in [0.05, 0.1) is 0 Å². The number of hydrogen-bond acceptors (Lipinski definition) is 3. The van der Waals surface area contributed by atoms with Crippen LogP contribution in [0.15, 0.2) is 0 Å². The van der Waals surface area contributed by atoms with Crippen LogP contribution in [0.25, 0.3) is 0 Å². The number of likely N-dealkylation sites (N-methyl/N-ethyl adjacent to an activating group) is 1. The van der Waals surface area contributed by atoms with E-state index in [1.54, 1.807) is 0 Å². The van der Waals surface area contributed by atoms with Gasteiger partial charge >= 0.3 is 0 Å². The molecule has 1 heterocycles. The molecule has 2 rings (SSSR count). The summed E-state index contributed by atoms with van der Waals surface area (Å²) < 4.78 is 25.1. The summed E-state index contributed by atoms with van der Waals surface area (Å²) in [4.78, 5) is 2.12. The van der Waals surface area contributed by atoms with Gasteiger partial charge in [0.15, 0.2) is 0 Å². The molecule has 82 valence electrons. The van der Waals surface area contributed by atoms with Crippen molar-refractivity contribution in [2.75, 3.05) is 20.1 Å². The lowest BCUT2D eigenvalue weighted by Crippen LogP contribution is -2.56. The molecule has 2 aliphatic rings. The predicted octanol–water partition coefficient (Wildman–Crippen LogP) is 0.0150. The highest BCUT2D eigenvalue weighted by Gasteiger charge is 2.46. The molecular weight excluding hydrogens is 188 g/mol. The Balaban J connectivity index is 1.77. The Kier molecular flexibility index (Phi) is 2.49. The van der Waals surface area contributed by atoms with Crippen LogP contribution in [-0.4, -0.2) is 49.1 Å². The Labute approximate surface area is 82.6 Å². The number of rotatable bonds is 2. The summed E-state index contributed by atoms with van der Waals surface area (Å²) >= 11 is 0. The van der Waals surface area contributed by atoms with Crippen LogP contribution in [0.2, 0.25) is 0 Å². The van der Waals surface area contributed by atoms with E-state index in [1.165, 1.54) is 0 Å². The molecule has 0 spiro atoms. The van der Waals surface area contributed by atoms with Crippen molar-refractivity contribution in [3.8, 4) is 0 Å². The minimum atomic E-state index is -2.44. The number of nitrogens with two attached hydrogens (primary N) is 1. The van der Waals surface area contributed by atoms with Crippen LogP contribution < -0.4 is 11.1 Å². The monoisotopic (exact) mass is 205 g/mol. The quantitative estimate of drug-likeness (QED) is 0.667. The third kappa shape index (κ3) is 2.04. The molecule has 14 heavy (non-hydrogen) atoms. The molecule has 5 heteroatoms. The number of nitrogens with one attached hydrogen (secondary N) is 1. The fraction of sp³-hybridized carbons (Fsp3) is 1.00. The molecule has 0 radical (unpaired) electrons. The van der Waals surface area contributed by atoms with Crippen molar-refractivity contribution < 1.29 is 8.78 Å². The molecule has 0 bridgehead atoms. The van der Waals surface area contributed by atoms with Gasteiger partial charge in [-0.05, 0) is 7.05 Å². The highest BCUT2D eigenvalue weighted by molar-refractivity contribution is 4.98. The van der Waals surface area contributed by atoms with Crippen LogP contribution in [0.1, 0.15) is 12.8 Å². The molecule has 3 nitrogen and oxygen atoms in total. The Hall–Kier alpha value is -0.260. The average Bonchev–Trinajstić information content (AvgIpc) is 2.26. The molecule has 2 fully saturated rings. The summed E-state index contributed by atoms with van der Waals surface area (Å²) in [5, 5.41) is 3.20. The normalized spacial score (nSPS) is 38.6. The molecule has 0 aromatic rings. The van der Waals surface area contributed by atoms with Gasteiger partial charge in [-0.1, -0.05) is 0 Å². The molecule has 0 amide bonds. The topological polar surface area (TPSA) is 41.3 Å². The fourth-order valence-corrected chi connectivity index (χ4v) is 2.29. The molecule has 2 unspecified atom stereocenters. The number of alkyl halides is 2. The maximum absolute atomic E-state index is 12.6. The van der Waals surface area contributed by atoms with Crippen molar-refractivity contribution in [1.82, 2.24) is 10.2 Å². The molecule has 2 atom stereocenters. The summed E-state index contributed by atoms with van der Waals surface area (Å²) in [6.45, 7) is 1.71. The van der Waals surface area contributed by atoms with E-state index in [9.17, 15) is 8.78 Å². The zero-order valence-corrected chi connectivity index (χ0v) is 8.34. The van der Waals surface area contributed by atoms with E-state index in [0.29, 0.717) is 0 Å². The SMILES string of the molecule is CN1CC(N)C(NC2CC(F)(F)C2)C1. The van der Waals surface area contributed by atoms with Gasteiger partial charge in [0.2, 0.25) is 0 Å². The van der Waals surface area contributed by atoms with Crippen LogP contribution in [-0.2, 0) is 0 Å². The van der Waals surface area contributed by atoms with Crippen molar-refractivity contribution in [3.05, 3.63) is 0 Å². The highest BCUT2D eigenvalue weighted by Crippen LogP contribution is 2.37. The molecule has 1 saturated carbocycles. The first kappa shape index (κ1) is 10.3. The van der Waals surface area contributed by atoms with Crippen molar-refractivity contribution >= 4 is 0 Å². The molecule has 0 aromatic carbocycles. The van der Waals surface area contributed by atoms with Crippen molar-refractivity contribution in [2.45, 2.75) is 36.9 Å². The second-order valence-corrected chi connectivity index (χ2v) is 4.62. The molecule has 1 aliphatic heterocycles. The Morgan fingerprint density at radius 1 is 1.36 bits per heavy atom. The number of hydrogen-bond donors (Lipinski definition) is 2. The first-order chi connectivity index (χ1) is 6.46. The zero-order chi connectivity index (χ0) is 10.3. The van der Waals surface area contributed by atoms with Gasteiger partial charge < -0.3 is 16.0 Å². The standard InChI is InChI=1S/C9H17F2N3/c1-14-4-7(12)8(5-14)13-6-2-9(10,11)3-6/h6-8,13H,2-5,12H2,1H3. The highest BCUT2D eigenvalue weighted by atomic mass is 19.3. The minimum Gasteiger partial charge on any atom is -0.325 e. The number of nitrogens with zero attached hydrogens (tertiary/aromatic N) is 1. The largest absolute Gasteiger partial charge is 0.325 e. The smallest absolute Gasteiger partial charge is 0.251 e. The maximum Gasteiger partial charge on any atom is 0.251 e.